The average molecular weight is 734 g/mol. The molecule has 0 bridgehead atoms. The van der Waals surface area contributed by atoms with Gasteiger partial charge in [0.15, 0.2) is 5.82 Å². The third-order valence-electron chi connectivity index (χ3n) is 11.6. The van der Waals surface area contributed by atoms with Crippen molar-refractivity contribution < 1.29 is 0 Å². The summed E-state index contributed by atoms with van der Waals surface area (Å²) < 4.78 is 6.12. The first-order valence-electron chi connectivity index (χ1n) is 18.6. The van der Waals surface area contributed by atoms with E-state index in [1.165, 1.54) is 78.7 Å². The first-order valence-corrected chi connectivity index (χ1v) is 20.2. The van der Waals surface area contributed by atoms with Crippen molar-refractivity contribution >= 4 is 128 Å². The minimum absolute atomic E-state index is 0.848. The second-order valence-corrected chi connectivity index (χ2v) is 16.5. The molecule has 0 saturated heterocycles. The summed E-state index contributed by atoms with van der Waals surface area (Å²) in [6, 6.07) is 59.8. The molecule has 4 heterocycles. The fourth-order valence-electron chi connectivity index (χ4n) is 9.27. The third kappa shape index (κ3) is 3.98. The molecule has 0 aliphatic heterocycles. The van der Waals surface area contributed by atoms with E-state index in [1.807, 2.05) is 11.3 Å². The molecule has 254 valence electrons. The molecular formula is C50H27N3S2. The molecule has 4 aromatic heterocycles. The summed E-state index contributed by atoms with van der Waals surface area (Å²) in [4.78, 5) is 12.3. The maximum Gasteiger partial charge on any atom is 0.165 e. The molecule has 0 amide bonds. The first-order chi connectivity index (χ1) is 27.3. The Morgan fingerprint density at radius 3 is 1.76 bits per heavy atom. The summed E-state index contributed by atoms with van der Waals surface area (Å²) in [6.07, 6.45) is 0. The van der Waals surface area contributed by atoms with Crippen molar-refractivity contribution in [2.24, 2.45) is 0 Å². The molecule has 55 heavy (non-hydrogen) atoms. The van der Waals surface area contributed by atoms with Gasteiger partial charge in [-0.3, -0.25) is 4.57 Å². The van der Waals surface area contributed by atoms with Crippen molar-refractivity contribution in [3.63, 3.8) is 0 Å². The highest BCUT2D eigenvalue weighted by Gasteiger charge is 2.25. The Labute approximate surface area is 322 Å². The lowest BCUT2D eigenvalue weighted by molar-refractivity contribution is 1.09. The fourth-order valence-corrected chi connectivity index (χ4v) is 11.5. The summed E-state index contributed by atoms with van der Waals surface area (Å²) in [5.74, 6) is 0.848. The van der Waals surface area contributed by atoms with Crippen LogP contribution in [0.4, 0.5) is 0 Å². The van der Waals surface area contributed by atoms with Gasteiger partial charge in [-0.25, -0.2) is 9.97 Å². The number of rotatable bonds is 2. The Balaban J connectivity index is 1.27. The molecule has 0 fully saturated rings. The SMILES string of the molecule is c1ccc2c(c1)ccc1c2c2c3c4ccccc4c4ccccc4c3ccc2n1-c1nc2c(nc1-c1cccc3c1sc1ccccc13)sc1ccccc12. The van der Waals surface area contributed by atoms with E-state index in [4.69, 9.17) is 9.97 Å². The number of fused-ring (bicyclic) bond motifs is 18. The summed E-state index contributed by atoms with van der Waals surface area (Å²) >= 11 is 3.56. The van der Waals surface area contributed by atoms with E-state index in [0.29, 0.717) is 0 Å². The molecule has 0 unspecified atom stereocenters. The van der Waals surface area contributed by atoms with Gasteiger partial charge in [0.2, 0.25) is 0 Å². The molecular weight excluding hydrogens is 707 g/mol. The van der Waals surface area contributed by atoms with Crippen molar-refractivity contribution in [1.82, 2.24) is 14.5 Å². The van der Waals surface area contributed by atoms with Crippen LogP contribution in [0.3, 0.4) is 0 Å². The molecule has 0 atom stereocenters. The number of nitrogens with zero attached hydrogens (tertiary/aromatic N) is 3. The van der Waals surface area contributed by atoms with E-state index in [0.717, 1.165) is 43.8 Å². The van der Waals surface area contributed by atoms with Crippen LogP contribution in [0.15, 0.2) is 164 Å². The lowest BCUT2D eigenvalue weighted by Crippen LogP contribution is -2.03. The molecule has 0 aliphatic rings. The normalized spacial score (nSPS) is 12.4. The van der Waals surface area contributed by atoms with Gasteiger partial charge in [0.05, 0.1) is 11.0 Å². The van der Waals surface area contributed by atoms with Crippen LogP contribution >= 0.6 is 22.7 Å². The number of benzene rings is 9. The van der Waals surface area contributed by atoms with Crippen LogP contribution in [-0.4, -0.2) is 14.5 Å². The molecule has 9 aromatic carbocycles. The molecule has 0 aliphatic carbocycles. The number of hydrogen-bond acceptors (Lipinski definition) is 4. The molecule has 5 heteroatoms. The summed E-state index contributed by atoms with van der Waals surface area (Å²) in [5.41, 5.74) is 5.18. The van der Waals surface area contributed by atoms with E-state index in [9.17, 15) is 0 Å². The number of thiophene rings is 2. The van der Waals surface area contributed by atoms with E-state index in [-0.39, 0.29) is 0 Å². The molecule has 3 nitrogen and oxygen atoms in total. The third-order valence-corrected chi connectivity index (χ3v) is 13.9. The maximum absolute atomic E-state index is 5.73. The van der Waals surface area contributed by atoms with Gasteiger partial charge < -0.3 is 0 Å². The van der Waals surface area contributed by atoms with Crippen molar-refractivity contribution in [3.05, 3.63) is 164 Å². The Bertz CT molecular complexity index is 3760. The van der Waals surface area contributed by atoms with Gasteiger partial charge >= 0.3 is 0 Å². The molecule has 13 aromatic rings. The van der Waals surface area contributed by atoms with Crippen molar-refractivity contribution in [3.8, 4) is 17.1 Å². The van der Waals surface area contributed by atoms with Gasteiger partial charge in [-0.2, -0.15) is 0 Å². The average Bonchev–Trinajstić information content (AvgIpc) is 3.92. The maximum atomic E-state index is 5.73. The van der Waals surface area contributed by atoms with E-state index >= 15 is 0 Å². The van der Waals surface area contributed by atoms with Crippen LogP contribution in [0.2, 0.25) is 0 Å². The van der Waals surface area contributed by atoms with Crippen LogP contribution in [0, 0.1) is 0 Å². The Morgan fingerprint density at radius 2 is 0.964 bits per heavy atom. The predicted octanol–water partition coefficient (Wildman–Crippen LogP) is 14.6. The highest BCUT2D eigenvalue weighted by atomic mass is 32.1. The van der Waals surface area contributed by atoms with Gasteiger partial charge in [0.1, 0.15) is 16.0 Å². The van der Waals surface area contributed by atoms with Crippen molar-refractivity contribution in [1.29, 1.82) is 0 Å². The standard InChI is InChI=1S/C50H27N3S2/c1-2-13-29-28(12-1)24-26-39-44(29)45-40(27-25-35-32-16-4-3-14-30(32)31-15-5-6-18-34(31)43(35)45)53(39)49-46(52-50-47(51-49)37-19-8-10-23-42(37)55-50)38-21-11-20-36-33-17-7-9-22-41(33)54-48(36)38/h1-27H. The second-order valence-electron chi connectivity index (χ2n) is 14.4. The highest BCUT2D eigenvalue weighted by Crippen LogP contribution is 2.48. The monoisotopic (exact) mass is 733 g/mol. The van der Waals surface area contributed by atoms with Crippen LogP contribution in [0.1, 0.15) is 0 Å². The zero-order chi connectivity index (χ0) is 35.8. The summed E-state index contributed by atoms with van der Waals surface area (Å²) in [6.45, 7) is 0. The Kier molecular flexibility index (Phi) is 5.93. The second kappa shape index (κ2) is 11.0. The van der Waals surface area contributed by atoms with Gasteiger partial charge in [-0.05, 0) is 62.0 Å². The van der Waals surface area contributed by atoms with Gasteiger partial charge in [0.25, 0.3) is 0 Å². The Morgan fingerprint density at radius 1 is 0.382 bits per heavy atom. The zero-order valence-corrected chi connectivity index (χ0v) is 30.9. The molecule has 0 radical (unpaired) electrons. The number of aromatic nitrogens is 3. The van der Waals surface area contributed by atoms with E-state index in [1.54, 1.807) is 11.3 Å². The molecule has 13 rings (SSSR count). The highest BCUT2D eigenvalue weighted by molar-refractivity contribution is 7.26. The van der Waals surface area contributed by atoms with Crippen LogP contribution < -0.4 is 0 Å². The predicted molar refractivity (Wildman–Crippen MR) is 238 cm³/mol. The largest absolute Gasteiger partial charge is 0.292 e. The topological polar surface area (TPSA) is 30.7 Å². The summed E-state index contributed by atoms with van der Waals surface area (Å²) in [5, 5.41) is 16.2. The van der Waals surface area contributed by atoms with Crippen molar-refractivity contribution in [2.45, 2.75) is 0 Å². The van der Waals surface area contributed by atoms with Crippen LogP contribution in [0.25, 0.3) is 123 Å². The number of hydrogen-bond donors (Lipinski definition) is 0. The minimum atomic E-state index is 0.848. The minimum Gasteiger partial charge on any atom is -0.292 e. The lowest BCUT2D eigenvalue weighted by Gasteiger charge is -2.14. The van der Waals surface area contributed by atoms with E-state index in [2.05, 4.69) is 168 Å². The zero-order valence-electron chi connectivity index (χ0n) is 29.2. The molecule has 0 saturated carbocycles. The van der Waals surface area contributed by atoms with Crippen LogP contribution in [0.5, 0.6) is 0 Å². The molecule has 0 spiro atoms. The lowest BCUT2D eigenvalue weighted by atomic mass is 9.91. The Hall–Kier alpha value is -6.66. The smallest absolute Gasteiger partial charge is 0.165 e. The van der Waals surface area contributed by atoms with Gasteiger partial charge in [-0.15, -0.1) is 22.7 Å². The quantitative estimate of drug-likeness (QED) is 0.166. The van der Waals surface area contributed by atoms with Gasteiger partial charge in [0, 0.05) is 52.0 Å². The first kappa shape index (κ1) is 29.8. The van der Waals surface area contributed by atoms with Crippen LogP contribution in [-0.2, 0) is 0 Å². The summed E-state index contributed by atoms with van der Waals surface area (Å²) in [7, 11) is 0. The van der Waals surface area contributed by atoms with Crippen molar-refractivity contribution in [2.75, 3.05) is 0 Å². The van der Waals surface area contributed by atoms with E-state index < -0.39 is 0 Å². The fraction of sp³-hybridized carbons (Fsp3) is 0. The molecule has 0 N–H and O–H groups in total. The van der Waals surface area contributed by atoms with Gasteiger partial charge in [-0.1, -0.05) is 140 Å².